The third kappa shape index (κ3) is 0.891. The molecule has 0 spiro atoms. The lowest BCUT2D eigenvalue weighted by atomic mass is 9.81. The maximum atomic E-state index is 11.3. The zero-order valence-electron chi connectivity index (χ0n) is 6.16. The Morgan fingerprint density at radius 1 is 1.83 bits per heavy atom. The van der Waals surface area contributed by atoms with Crippen LogP contribution in [0.5, 0.6) is 0 Å². The molecule has 0 aromatic carbocycles. The van der Waals surface area contributed by atoms with Crippen LogP contribution in [-0.4, -0.2) is 15.5 Å². The van der Waals surface area contributed by atoms with Gasteiger partial charge in [0.25, 0.3) is 0 Å². The summed E-state index contributed by atoms with van der Waals surface area (Å²) in [6, 6.07) is 2.15. The van der Waals surface area contributed by atoms with Crippen LogP contribution in [0.1, 0.15) is 6.42 Å². The van der Waals surface area contributed by atoms with Gasteiger partial charge in [-0.05, 0) is 6.08 Å². The van der Waals surface area contributed by atoms with Gasteiger partial charge >= 0.3 is 5.97 Å². The number of fused-ring (bicyclic) bond motifs is 2. The van der Waals surface area contributed by atoms with E-state index in [1.165, 1.54) is 0 Å². The third-order valence-electron chi connectivity index (χ3n) is 2.26. The van der Waals surface area contributed by atoms with E-state index in [9.17, 15) is 4.79 Å². The molecule has 4 heteroatoms. The fraction of sp³-hybridized carbons (Fsp3) is 0.500. The number of ether oxygens (including phenoxy) is 1. The van der Waals surface area contributed by atoms with Crippen molar-refractivity contribution in [1.29, 1.82) is 5.26 Å². The van der Waals surface area contributed by atoms with Crippen molar-refractivity contribution >= 4 is 28.6 Å². The number of nitrogens with zero attached hydrogens (tertiary/aromatic N) is 1. The molecule has 3 aliphatic rings. The van der Waals surface area contributed by atoms with Crippen molar-refractivity contribution in [2.24, 2.45) is 5.92 Å². The number of esters is 1. The standard InChI is InChI=1S/C8H6INO2/c9-8-2-1-6(12-7(8)11)3-5(8)4-10/h1-2,5-6H,3H2/t5-,6+,8+/m0/s1. The fourth-order valence-electron chi connectivity index (χ4n) is 1.52. The molecule has 0 radical (unpaired) electrons. The average Bonchev–Trinajstić information content (AvgIpc) is 2.07. The van der Waals surface area contributed by atoms with Crippen LogP contribution >= 0.6 is 22.6 Å². The number of carbonyl (C=O) groups is 1. The van der Waals surface area contributed by atoms with Crippen molar-refractivity contribution in [2.45, 2.75) is 15.9 Å². The molecule has 0 aromatic heterocycles. The second kappa shape index (κ2) is 2.46. The summed E-state index contributed by atoms with van der Waals surface area (Å²) in [6.07, 6.45) is 4.13. The molecular weight excluding hydrogens is 269 g/mol. The summed E-state index contributed by atoms with van der Waals surface area (Å²) >= 11 is 2.00. The second-order valence-corrected chi connectivity index (χ2v) is 4.77. The molecule has 0 amide bonds. The van der Waals surface area contributed by atoms with E-state index in [0.29, 0.717) is 6.42 Å². The topological polar surface area (TPSA) is 50.1 Å². The summed E-state index contributed by atoms with van der Waals surface area (Å²) in [4.78, 5) is 11.3. The van der Waals surface area contributed by atoms with Crippen LogP contribution in [-0.2, 0) is 9.53 Å². The van der Waals surface area contributed by atoms with E-state index < -0.39 is 3.42 Å². The summed E-state index contributed by atoms with van der Waals surface area (Å²) in [6.45, 7) is 0. The second-order valence-electron chi connectivity index (χ2n) is 2.99. The largest absolute Gasteiger partial charge is 0.457 e. The van der Waals surface area contributed by atoms with Crippen LogP contribution in [0.4, 0.5) is 0 Å². The van der Waals surface area contributed by atoms with Gasteiger partial charge < -0.3 is 4.74 Å². The number of nitriles is 1. The first-order chi connectivity index (χ1) is 5.66. The Balaban J connectivity index is 2.45. The first kappa shape index (κ1) is 8.05. The summed E-state index contributed by atoms with van der Waals surface area (Å²) < 4.78 is 4.31. The molecule has 0 N–H and O–H groups in total. The lowest BCUT2D eigenvalue weighted by Gasteiger charge is -2.39. The molecule has 0 aromatic rings. The lowest BCUT2D eigenvalue weighted by molar-refractivity contribution is -0.155. The zero-order chi connectivity index (χ0) is 8.77. The molecule has 62 valence electrons. The average molecular weight is 275 g/mol. The SMILES string of the molecule is N#C[C@@H]1C[C@H]2C=C[C@]1(I)C(=O)O2. The predicted molar refractivity (Wildman–Crippen MR) is 49.5 cm³/mol. The van der Waals surface area contributed by atoms with Gasteiger partial charge in [0.15, 0.2) is 3.42 Å². The Morgan fingerprint density at radius 2 is 2.58 bits per heavy atom. The summed E-state index contributed by atoms with van der Waals surface area (Å²) in [5.41, 5.74) is 0. The number of alkyl halides is 1. The number of hydrogen-bond donors (Lipinski definition) is 0. The Kier molecular flexibility index (Phi) is 1.65. The van der Waals surface area contributed by atoms with E-state index in [1.54, 1.807) is 6.08 Å². The van der Waals surface area contributed by atoms with E-state index >= 15 is 0 Å². The van der Waals surface area contributed by atoms with E-state index in [2.05, 4.69) is 6.07 Å². The van der Waals surface area contributed by atoms with Crippen molar-refractivity contribution < 1.29 is 9.53 Å². The molecule has 2 bridgehead atoms. The normalized spacial score (nSPS) is 43.8. The minimum atomic E-state index is -0.721. The molecule has 3 nitrogen and oxygen atoms in total. The highest BCUT2D eigenvalue weighted by atomic mass is 127. The smallest absolute Gasteiger partial charge is 0.327 e. The summed E-state index contributed by atoms with van der Waals surface area (Å²) in [7, 11) is 0. The molecule has 12 heavy (non-hydrogen) atoms. The molecular formula is C8H6INO2. The quantitative estimate of drug-likeness (QED) is 0.289. The Hall–Kier alpha value is -0.570. The Bertz CT molecular complexity index is 307. The Labute approximate surface area is 83.5 Å². The van der Waals surface area contributed by atoms with Gasteiger partial charge in [-0.3, -0.25) is 4.79 Å². The number of carbonyl (C=O) groups excluding carboxylic acids is 1. The minimum Gasteiger partial charge on any atom is -0.457 e. The third-order valence-corrected chi connectivity index (χ3v) is 3.81. The van der Waals surface area contributed by atoms with E-state index in [0.717, 1.165) is 0 Å². The first-order valence-electron chi connectivity index (χ1n) is 3.66. The van der Waals surface area contributed by atoms with Crippen molar-refractivity contribution in [3.63, 3.8) is 0 Å². The zero-order valence-corrected chi connectivity index (χ0v) is 8.32. The predicted octanol–water partition coefficient (Wildman–Crippen LogP) is 1.19. The van der Waals surface area contributed by atoms with Gasteiger partial charge in [-0.25, -0.2) is 0 Å². The summed E-state index contributed by atoms with van der Waals surface area (Å²) in [5.74, 6) is -0.497. The van der Waals surface area contributed by atoms with Crippen LogP contribution in [0.25, 0.3) is 0 Å². The first-order valence-corrected chi connectivity index (χ1v) is 4.73. The minimum absolute atomic E-state index is 0.168. The number of halogens is 1. The molecule has 2 heterocycles. The van der Waals surface area contributed by atoms with Gasteiger partial charge in [0.2, 0.25) is 0 Å². The van der Waals surface area contributed by atoms with Crippen molar-refractivity contribution in [3.05, 3.63) is 12.2 Å². The fourth-order valence-corrected chi connectivity index (χ4v) is 2.25. The van der Waals surface area contributed by atoms with Crippen LogP contribution < -0.4 is 0 Å². The molecule has 1 fully saturated rings. The highest BCUT2D eigenvalue weighted by molar-refractivity contribution is 14.1. The van der Waals surface area contributed by atoms with E-state index in [-0.39, 0.29) is 18.0 Å². The van der Waals surface area contributed by atoms with Gasteiger partial charge in [-0.2, -0.15) is 5.26 Å². The number of hydrogen-bond acceptors (Lipinski definition) is 3. The lowest BCUT2D eigenvalue weighted by Crippen LogP contribution is -2.50. The van der Waals surface area contributed by atoms with Gasteiger partial charge in [0.1, 0.15) is 6.10 Å². The van der Waals surface area contributed by atoms with Crippen LogP contribution in [0, 0.1) is 17.2 Å². The summed E-state index contributed by atoms with van der Waals surface area (Å²) in [5, 5.41) is 8.80. The highest BCUT2D eigenvalue weighted by Crippen LogP contribution is 2.43. The Morgan fingerprint density at radius 3 is 3.08 bits per heavy atom. The van der Waals surface area contributed by atoms with Gasteiger partial charge in [0.05, 0.1) is 12.0 Å². The van der Waals surface area contributed by atoms with Crippen molar-refractivity contribution in [1.82, 2.24) is 0 Å². The van der Waals surface area contributed by atoms with Gasteiger partial charge in [0, 0.05) is 6.42 Å². The number of rotatable bonds is 0. The molecule has 0 saturated carbocycles. The molecule has 1 saturated heterocycles. The molecule has 3 rings (SSSR count). The van der Waals surface area contributed by atoms with Crippen molar-refractivity contribution in [2.75, 3.05) is 0 Å². The maximum Gasteiger partial charge on any atom is 0.327 e. The molecule has 3 atom stereocenters. The van der Waals surface area contributed by atoms with Gasteiger partial charge in [-0.15, -0.1) is 0 Å². The highest BCUT2D eigenvalue weighted by Gasteiger charge is 2.51. The van der Waals surface area contributed by atoms with E-state index in [4.69, 9.17) is 10.00 Å². The molecule has 2 aliphatic heterocycles. The molecule has 1 aliphatic carbocycles. The van der Waals surface area contributed by atoms with Crippen LogP contribution in [0.2, 0.25) is 0 Å². The van der Waals surface area contributed by atoms with E-state index in [1.807, 2.05) is 28.7 Å². The monoisotopic (exact) mass is 275 g/mol. The maximum absolute atomic E-state index is 11.3. The van der Waals surface area contributed by atoms with Gasteiger partial charge in [-0.1, -0.05) is 28.7 Å². The van der Waals surface area contributed by atoms with Crippen molar-refractivity contribution in [3.8, 4) is 6.07 Å². The van der Waals surface area contributed by atoms with Crippen LogP contribution in [0.3, 0.4) is 0 Å². The van der Waals surface area contributed by atoms with Crippen LogP contribution in [0.15, 0.2) is 12.2 Å². The molecule has 0 unspecified atom stereocenters.